The fraction of sp³-hybridized carbons (Fsp3) is 0.389. The standard InChI is InChI=1S/C18H22N2O3S/c1-4-12-7-6-8-13(5-2)16(12)20-17(23)11(3)18-19-14(10-24-18)9-15(21)22/h6-8,10-11H,4-5,9H2,1-3H3,(H,20,23)(H,21,22)/p-1/t11-/m1/s1. The Kier molecular flexibility index (Phi) is 6.09. The summed E-state index contributed by atoms with van der Waals surface area (Å²) >= 11 is 1.30. The Hall–Kier alpha value is -2.21. The molecule has 0 radical (unpaired) electrons. The SMILES string of the molecule is CCc1cccc(CC)c1NC(=O)[C@@H](C)c1nc(CC(=O)[O-])cs1. The van der Waals surface area contributed by atoms with Crippen molar-refractivity contribution in [2.24, 2.45) is 0 Å². The summed E-state index contributed by atoms with van der Waals surface area (Å²) in [5.74, 6) is -1.76. The molecule has 2 aromatic rings. The number of carboxylic acid groups (broad SMARTS) is 1. The third-order valence-electron chi connectivity index (χ3n) is 3.91. The number of anilines is 1. The number of nitrogens with one attached hydrogen (secondary N) is 1. The molecule has 0 bridgehead atoms. The van der Waals surface area contributed by atoms with Gasteiger partial charge in [0.1, 0.15) is 5.01 Å². The van der Waals surface area contributed by atoms with Gasteiger partial charge in [0.15, 0.2) is 0 Å². The van der Waals surface area contributed by atoms with Gasteiger partial charge in [-0.15, -0.1) is 11.3 Å². The van der Waals surface area contributed by atoms with Crippen molar-refractivity contribution in [3.63, 3.8) is 0 Å². The molecule has 128 valence electrons. The lowest BCUT2D eigenvalue weighted by atomic mass is 10.0. The topological polar surface area (TPSA) is 82.1 Å². The van der Waals surface area contributed by atoms with Crippen LogP contribution >= 0.6 is 11.3 Å². The van der Waals surface area contributed by atoms with E-state index in [-0.39, 0.29) is 12.3 Å². The third-order valence-corrected chi connectivity index (χ3v) is 4.98. The van der Waals surface area contributed by atoms with Gasteiger partial charge in [-0.25, -0.2) is 4.98 Å². The smallest absolute Gasteiger partial charge is 0.234 e. The van der Waals surface area contributed by atoms with Gasteiger partial charge in [-0.05, 0) is 30.9 Å². The van der Waals surface area contributed by atoms with Gasteiger partial charge >= 0.3 is 0 Å². The molecule has 0 saturated heterocycles. The average Bonchev–Trinajstić information content (AvgIpc) is 3.01. The number of carboxylic acids is 1. The summed E-state index contributed by atoms with van der Waals surface area (Å²) in [6.07, 6.45) is 1.44. The summed E-state index contributed by atoms with van der Waals surface area (Å²) in [5, 5.41) is 15.9. The van der Waals surface area contributed by atoms with Gasteiger partial charge in [0.25, 0.3) is 0 Å². The zero-order valence-electron chi connectivity index (χ0n) is 14.1. The van der Waals surface area contributed by atoms with Crippen LogP contribution in [0.1, 0.15) is 48.5 Å². The molecule has 0 aliphatic heterocycles. The van der Waals surface area contributed by atoms with Crippen LogP contribution in [-0.2, 0) is 28.9 Å². The monoisotopic (exact) mass is 345 g/mol. The number of nitrogens with zero attached hydrogens (tertiary/aromatic N) is 1. The quantitative estimate of drug-likeness (QED) is 0.835. The zero-order valence-corrected chi connectivity index (χ0v) is 14.9. The first-order chi connectivity index (χ1) is 11.5. The van der Waals surface area contributed by atoms with Gasteiger partial charge in [-0.2, -0.15) is 0 Å². The maximum absolute atomic E-state index is 12.6. The van der Waals surface area contributed by atoms with Crippen LogP contribution < -0.4 is 10.4 Å². The molecule has 1 aromatic heterocycles. The van der Waals surface area contributed by atoms with Crippen molar-refractivity contribution in [3.8, 4) is 0 Å². The van der Waals surface area contributed by atoms with Crippen molar-refractivity contribution in [2.45, 2.75) is 46.0 Å². The van der Waals surface area contributed by atoms with E-state index in [1.807, 2.05) is 18.2 Å². The minimum atomic E-state index is -1.17. The number of thiazole rings is 1. The summed E-state index contributed by atoms with van der Waals surface area (Å²) in [5.41, 5.74) is 3.52. The van der Waals surface area contributed by atoms with E-state index in [1.54, 1.807) is 12.3 Å². The van der Waals surface area contributed by atoms with Crippen LogP contribution in [0.4, 0.5) is 5.69 Å². The maximum Gasteiger partial charge on any atom is 0.234 e. The molecule has 0 unspecified atom stereocenters. The Morgan fingerprint density at radius 2 is 1.88 bits per heavy atom. The molecular formula is C18H21N2O3S-. The van der Waals surface area contributed by atoms with E-state index < -0.39 is 11.9 Å². The summed E-state index contributed by atoms with van der Waals surface area (Å²) in [6.45, 7) is 5.89. The molecule has 1 aromatic carbocycles. The normalized spacial score (nSPS) is 12.0. The lowest BCUT2D eigenvalue weighted by molar-refractivity contribution is -0.304. The van der Waals surface area contributed by atoms with Gasteiger partial charge < -0.3 is 15.2 Å². The third kappa shape index (κ3) is 4.20. The second-order valence-electron chi connectivity index (χ2n) is 5.60. The van der Waals surface area contributed by atoms with Crippen LogP contribution in [0.5, 0.6) is 0 Å². The van der Waals surface area contributed by atoms with Crippen LogP contribution in [0.15, 0.2) is 23.6 Å². The largest absolute Gasteiger partial charge is 0.550 e. The number of rotatable bonds is 7. The van der Waals surface area contributed by atoms with Crippen molar-refractivity contribution in [2.75, 3.05) is 5.32 Å². The number of para-hydroxylation sites is 1. The van der Waals surface area contributed by atoms with E-state index in [9.17, 15) is 14.7 Å². The molecule has 1 amide bonds. The molecule has 6 heteroatoms. The molecule has 0 spiro atoms. The number of aromatic nitrogens is 1. The van der Waals surface area contributed by atoms with E-state index in [1.165, 1.54) is 11.3 Å². The lowest BCUT2D eigenvalue weighted by Gasteiger charge is -2.16. The van der Waals surface area contributed by atoms with Crippen LogP contribution in [-0.4, -0.2) is 16.9 Å². The second kappa shape index (κ2) is 8.06. The van der Waals surface area contributed by atoms with Crippen molar-refractivity contribution in [3.05, 3.63) is 45.4 Å². The number of hydrogen-bond acceptors (Lipinski definition) is 5. The predicted octanol–water partition coefficient (Wildman–Crippen LogP) is 2.30. The molecule has 0 saturated carbocycles. The molecule has 2 rings (SSSR count). The number of aryl methyl sites for hydroxylation is 2. The van der Waals surface area contributed by atoms with E-state index in [4.69, 9.17) is 0 Å². The molecular weight excluding hydrogens is 324 g/mol. The highest BCUT2D eigenvalue weighted by atomic mass is 32.1. The molecule has 0 aliphatic rings. The van der Waals surface area contributed by atoms with E-state index in [0.717, 1.165) is 29.7 Å². The second-order valence-corrected chi connectivity index (χ2v) is 6.48. The summed E-state index contributed by atoms with van der Waals surface area (Å²) < 4.78 is 0. The van der Waals surface area contributed by atoms with Crippen LogP contribution in [0.3, 0.4) is 0 Å². The number of hydrogen-bond donors (Lipinski definition) is 1. The number of benzene rings is 1. The Labute approximate surface area is 145 Å². The first-order valence-electron chi connectivity index (χ1n) is 8.02. The molecule has 24 heavy (non-hydrogen) atoms. The highest BCUT2D eigenvalue weighted by molar-refractivity contribution is 7.09. The van der Waals surface area contributed by atoms with E-state index in [0.29, 0.717) is 10.7 Å². The highest BCUT2D eigenvalue weighted by Gasteiger charge is 2.20. The summed E-state index contributed by atoms with van der Waals surface area (Å²) in [6, 6.07) is 6.03. The van der Waals surface area contributed by atoms with Crippen LogP contribution in [0, 0.1) is 0 Å². The first kappa shape index (κ1) is 18.1. The Morgan fingerprint density at radius 1 is 1.25 bits per heavy atom. The molecule has 1 atom stereocenters. The van der Waals surface area contributed by atoms with Crippen LogP contribution in [0.2, 0.25) is 0 Å². The predicted molar refractivity (Wildman–Crippen MR) is 93.1 cm³/mol. The van der Waals surface area contributed by atoms with E-state index in [2.05, 4.69) is 24.1 Å². The number of carbonyl (C=O) groups is 2. The van der Waals surface area contributed by atoms with E-state index >= 15 is 0 Å². The first-order valence-corrected chi connectivity index (χ1v) is 8.89. The van der Waals surface area contributed by atoms with Gasteiger partial charge in [0.2, 0.25) is 5.91 Å². The Balaban J connectivity index is 2.17. The number of carbonyl (C=O) groups excluding carboxylic acids is 2. The fourth-order valence-corrected chi connectivity index (χ4v) is 3.37. The van der Waals surface area contributed by atoms with Crippen molar-refractivity contribution in [1.29, 1.82) is 0 Å². The molecule has 0 fully saturated rings. The number of aliphatic carboxylic acids is 1. The lowest BCUT2D eigenvalue weighted by Crippen LogP contribution is -2.24. The van der Waals surface area contributed by atoms with Crippen molar-refractivity contribution in [1.82, 2.24) is 4.98 Å². The maximum atomic E-state index is 12.6. The van der Waals surface area contributed by atoms with Crippen molar-refractivity contribution < 1.29 is 14.7 Å². The summed E-state index contributed by atoms with van der Waals surface area (Å²) in [4.78, 5) is 27.5. The molecule has 1 heterocycles. The molecule has 0 aliphatic carbocycles. The fourth-order valence-electron chi connectivity index (χ4n) is 2.50. The van der Waals surface area contributed by atoms with Gasteiger partial charge in [-0.3, -0.25) is 4.79 Å². The minimum absolute atomic E-state index is 0.139. The number of amides is 1. The van der Waals surface area contributed by atoms with Gasteiger partial charge in [-0.1, -0.05) is 32.0 Å². The molecule has 5 nitrogen and oxygen atoms in total. The van der Waals surface area contributed by atoms with Crippen molar-refractivity contribution >= 4 is 28.9 Å². The molecule has 1 N–H and O–H groups in total. The van der Waals surface area contributed by atoms with Crippen LogP contribution in [0.25, 0.3) is 0 Å². The Bertz CT molecular complexity index is 717. The Morgan fingerprint density at radius 3 is 2.42 bits per heavy atom. The van der Waals surface area contributed by atoms with Gasteiger partial charge in [0, 0.05) is 23.5 Å². The minimum Gasteiger partial charge on any atom is -0.550 e. The van der Waals surface area contributed by atoms with Gasteiger partial charge in [0.05, 0.1) is 11.6 Å². The zero-order chi connectivity index (χ0) is 17.7. The highest BCUT2D eigenvalue weighted by Crippen LogP contribution is 2.26. The average molecular weight is 345 g/mol. The summed E-state index contributed by atoms with van der Waals surface area (Å²) in [7, 11) is 0.